The van der Waals surface area contributed by atoms with Crippen LogP contribution in [0, 0.1) is 20.8 Å². The monoisotopic (exact) mass is 344 g/mol. The van der Waals surface area contributed by atoms with Crippen LogP contribution in [-0.4, -0.2) is 56.4 Å². The fourth-order valence-electron chi connectivity index (χ4n) is 3.21. The first-order valence-electron chi connectivity index (χ1n) is 8.33. The van der Waals surface area contributed by atoms with E-state index in [0.29, 0.717) is 30.3 Å². The maximum atomic E-state index is 13.1. The quantitative estimate of drug-likeness (QED) is 0.892. The van der Waals surface area contributed by atoms with Crippen molar-refractivity contribution < 1.29 is 9.53 Å². The Bertz CT molecular complexity index is 787. The number of methoxy groups -OCH3 is 1. The Morgan fingerprint density at radius 3 is 2.64 bits per heavy atom. The van der Waals surface area contributed by atoms with Crippen LogP contribution in [-0.2, 0) is 11.3 Å². The highest BCUT2D eigenvalue weighted by molar-refractivity contribution is 5.93. The number of carbonyl (C=O) groups is 1. The normalized spacial score (nSPS) is 20.2. The molecule has 2 aromatic heterocycles. The van der Waals surface area contributed by atoms with E-state index in [1.54, 1.807) is 17.9 Å². The molecule has 8 heteroatoms. The molecule has 2 aromatic rings. The number of nitrogens with two attached hydrogens (primary N) is 1. The van der Waals surface area contributed by atoms with Gasteiger partial charge in [0, 0.05) is 19.9 Å². The van der Waals surface area contributed by atoms with Gasteiger partial charge in [-0.2, -0.15) is 5.10 Å². The number of ether oxygens (including phenoxy) is 1. The van der Waals surface area contributed by atoms with Crippen molar-refractivity contribution in [3.63, 3.8) is 0 Å². The maximum Gasteiger partial charge on any atom is 0.274 e. The zero-order valence-corrected chi connectivity index (χ0v) is 15.1. The first-order chi connectivity index (χ1) is 11.9. The number of likely N-dealkylation sites (tertiary alicyclic amines) is 1. The SMILES string of the molecule is CO[C@H]1C[C@@H](Cn2ccc(N)n2)N(C(=O)c2nc(C)c(C)nc2C)C1. The van der Waals surface area contributed by atoms with Gasteiger partial charge in [-0.1, -0.05) is 0 Å². The van der Waals surface area contributed by atoms with Gasteiger partial charge >= 0.3 is 0 Å². The molecule has 0 spiro atoms. The minimum absolute atomic E-state index is 0.00155. The predicted octanol–water partition coefficient (Wildman–Crippen LogP) is 1.11. The minimum atomic E-state index is -0.113. The van der Waals surface area contributed by atoms with E-state index in [9.17, 15) is 4.79 Å². The molecule has 8 nitrogen and oxygen atoms in total. The van der Waals surface area contributed by atoms with E-state index < -0.39 is 0 Å². The fraction of sp³-hybridized carbons (Fsp3) is 0.529. The number of anilines is 1. The molecule has 0 radical (unpaired) electrons. The van der Waals surface area contributed by atoms with E-state index in [2.05, 4.69) is 15.1 Å². The van der Waals surface area contributed by atoms with Crippen LogP contribution in [0.5, 0.6) is 0 Å². The second-order valence-corrected chi connectivity index (χ2v) is 6.50. The Morgan fingerprint density at radius 2 is 2.00 bits per heavy atom. The Balaban J connectivity index is 1.86. The van der Waals surface area contributed by atoms with E-state index in [4.69, 9.17) is 10.5 Å². The molecule has 1 saturated heterocycles. The molecule has 0 saturated carbocycles. The number of nitrogen functional groups attached to an aromatic ring is 1. The van der Waals surface area contributed by atoms with Crippen molar-refractivity contribution in [2.24, 2.45) is 0 Å². The summed E-state index contributed by atoms with van der Waals surface area (Å²) in [6.45, 7) is 6.68. The van der Waals surface area contributed by atoms with E-state index in [1.165, 1.54) is 0 Å². The summed E-state index contributed by atoms with van der Waals surface area (Å²) in [5.74, 6) is 0.354. The zero-order valence-electron chi connectivity index (χ0n) is 15.1. The second kappa shape index (κ2) is 6.79. The largest absolute Gasteiger partial charge is 0.382 e. The molecular weight excluding hydrogens is 320 g/mol. The summed E-state index contributed by atoms with van der Waals surface area (Å²) in [7, 11) is 1.67. The molecule has 2 N–H and O–H groups in total. The van der Waals surface area contributed by atoms with Crippen molar-refractivity contribution in [3.8, 4) is 0 Å². The standard InChI is InChI=1S/C17H24N6O2/c1-10-11(2)20-16(12(3)19-10)17(24)23-9-14(25-4)7-13(23)8-22-6-5-15(18)21-22/h5-6,13-14H,7-9H2,1-4H3,(H2,18,21)/t13-,14-/m0/s1. The van der Waals surface area contributed by atoms with Crippen LogP contribution >= 0.6 is 0 Å². The molecule has 1 fully saturated rings. The number of hydrogen-bond acceptors (Lipinski definition) is 6. The number of amides is 1. The van der Waals surface area contributed by atoms with E-state index in [1.807, 2.05) is 31.9 Å². The number of carbonyl (C=O) groups excluding carboxylic acids is 1. The highest BCUT2D eigenvalue weighted by Crippen LogP contribution is 2.24. The second-order valence-electron chi connectivity index (χ2n) is 6.50. The summed E-state index contributed by atoms with van der Waals surface area (Å²) in [4.78, 5) is 23.8. The van der Waals surface area contributed by atoms with Gasteiger partial charge in [-0.15, -0.1) is 0 Å². The van der Waals surface area contributed by atoms with Gasteiger partial charge in [-0.25, -0.2) is 4.98 Å². The zero-order chi connectivity index (χ0) is 18.1. The summed E-state index contributed by atoms with van der Waals surface area (Å²) in [6.07, 6.45) is 2.57. The van der Waals surface area contributed by atoms with Crippen molar-refractivity contribution in [3.05, 3.63) is 35.0 Å². The Kier molecular flexibility index (Phi) is 4.71. The van der Waals surface area contributed by atoms with Crippen LogP contribution in [0.4, 0.5) is 5.82 Å². The van der Waals surface area contributed by atoms with Gasteiger partial charge in [0.05, 0.1) is 35.8 Å². The first kappa shape index (κ1) is 17.3. The first-order valence-corrected chi connectivity index (χ1v) is 8.33. The van der Waals surface area contributed by atoms with E-state index in [-0.39, 0.29) is 18.1 Å². The lowest BCUT2D eigenvalue weighted by Gasteiger charge is -2.24. The third-order valence-corrected chi connectivity index (χ3v) is 4.71. The Hall–Kier alpha value is -2.48. The molecule has 134 valence electrons. The van der Waals surface area contributed by atoms with Crippen molar-refractivity contribution in [1.29, 1.82) is 0 Å². The van der Waals surface area contributed by atoms with E-state index in [0.717, 1.165) is 17.8 Å². The molecule has 1 aliphatic heterocycles. The molecule has 3 heterocycles. The summed E-state index contributed by atoms with van der Waals surface area (Å²) in [6, 6.07) is 1.72. The summed E-state index contributed by atoms with van der Waals surface area (Å²) >= 11 is 0. The van der Waals surface area contributed by atoms with Crippen LogP contribution < -0.4 is 5.73 Å². The van der Waals surface area contributed by atoms with Gasteiger partial charge in [0.25, 0.3) is 5.91 Å². The fourth-order valence-corrected chi connectivity index (χ4v) is 3.21. The highest BCUT2D eigenvalue weighted by atomic mass is 16.5. The minimum Gasteiger partial charge on any atom is -0.382 e. The molecule has 0 aliphatic carbocycles. The topological polar surface area (TPSA) is 99.2 Å². The number of aromatic nitrogens is 4. The summed E-state index contributed by atoms with van der Waals surface area (Å²) in [5, 5.41) is 4.22. The van der Waals surface area contributed by atoms with Crippen molar-refractivity contribution in [2.75, 3.05) is 19.4 Å². The van der Waals surface area contributed by atoms with Crippen molar-refractivity contribution >= 4 is 11.7 Å². The smallest absolute Gasteiger partial charge is 0.274 e. The van der Waals surface area contributed by atoms with Crippen LogP contribution in [0.15, 0.2) is 12.3 Å². The molecule has 2 atom stereocenters. The molecule has 1 amide bonds. The van der Waals surface area contributed by atoms with Crippen molar-refractivity contribution in [2.45, 2.75) is 45.9 Å². The van der Waals surface area contributed by atoms with E-state index >= 15 is 0 Å². The lowest BCUT2D eigenvalue weighted by molar-refractivity contribution is 0.0671. The molecule has 0 aromatic carbocycles. The molecule has 3 rings (SSSR count). The molecule has 1 aliphatic rings. The molecule has 0 bridgehead atoms. The highest BCUT2D eigenvalue weighted by Gasteiger charge is 2.37. The van der Waals surface area contributed by atoms with Crippen LogP contribution in [0.2, 0.25) is 0 Å². The number of aryl methyl sites for hydroxylation is 3. The van der Waals surface area contributed by atoms with Gasteiger partial charge in [0.2, 0.25) is 0 Å². The summed E-state index contributed by atoms with van der Waals surface area (Å²) in [5.41, 5.74) is 8.36. The third-order valence-electron chi connectivity index (χ3n) is 4.71. The van der Waals surface area contributed by atoms with Crippen LogP contribution in [0.1, 0.15) is 34.0 Å². The van der Waals surface area contributed by atoms with Crippen molar-refractivity contribution in [1.82, 2.24) is 24.6 Å². The van der Waals surface area contributed by atoms with Gasteiger partial charge in [0.1, 0.15) is 11.5 Å². The van der Waals surface area contributed by atoms with Crippen LogP contribution in [0.3, 0.4) is 0 Å². The lowest BCUT2D eigenvalue weighted by atomic mass is 10.2. The third kappa shape index (κ3) is 3.48. The Labute approximate surface area is 147 Å². The van der Waals surface area contributed by atoms with Crippen LogP contribution in [0.25, 0.3) is 0 Å². The predicted molar refractivity (Wildman–Crippen MR) is 93.1 cm³/mol. The summed E-state index contributed by atoms with van der Waals surface area (Å²) < 4.78 is 7.25. The molecular formula is C17H24N6O2. The van der Waals surface area contributed by atoms with Gasteiger partial charge in [-0.05, 0) is 33.3 Å². The van der Waals surface area contributed by atoms with Gasteiger partial charge in [0.15, 0.2) is 0 Å². The lowest BCUT2D eigenvalue weighted by Crippen LogP contribution is -2.39. The maximum absolute atomic E-state index is 13.1. The molecule has 25 heavy (non-hydrogen) atoms. The van der Waals surface area contributed by atoms with Gasteiger partial charge < -0.3 is 15.4 Å². The average molecular weight is 344 g/mol. The number of rotatable bonds is 4. The average Bonchev–Trinajstić information content (AvgIpc) is 3.16. The number of nitrogens with zero attached hydrogens (tertiary/aromatic N) is 5. The number of hydrogen-bond donors (Lipinski definition) is 1. The van der Waals surface area contributed by atoms with Gasteiger partial charge in [-0.3, -0.25) is 14.5 Å². The Morgan fingerprint density at radius 1 is 1.28 bits per heavy atom. The molecule has 0 unspecified atom stereocenters.